The van der Waals surface area contributed by atoms with Gasteiger partial charge in [-0.15, -0.1) is 6.58 Å². The third-order valence-corrected chi connectivity index (χ3v) is 3.65. The lowest BCUT2D eigenvalue weighted by molar-refractivity contribution is -0.243. The van der Waals surface area contributed by atoms with Gasteiger partial charge in [0.05, 0.1) is 19.3 Å². The second kappa shape index (κ2) is 7.68. The highest BCUT2D eigenvalue weighted by Crippen LogP contribution is 2.26. The zero-order valence-corrected chi connectivity index (χ0v) is 11.8. The summed E-state index contributed by atoms with van der Waals surface area (Å²) in [7, 11) is 0. The maximum Gasteiger partial charge on any atom is 0.115 e. The van der Waals surface area contributed by atoms with Crippen molar-refractivity contribution >= 4 is 0 Å². The number of aliphatic hydroxyl groups is 3. The van der Waals surface area contributed by atoms with Gasteiger partial charge in [-0.2, -0.15) is 0 Å². The maximum absolute atomic E-state index is 10.3. The van der Waals surface area contributed by atoms with Crippen LogP contribution >= 0.6 is 0 Å². The Kier molecular flexibility index (Phi) is 5.90. The van der Waals surface area contributed by atoms with Crippen LogP contribution < -0.4 is 0 Å². The molecule has 1 aromatic rings. The van der Waals surface area contributed by atoms with Crippen molar-refractivity contribution in [1.29, 1.82) is 0 Å². The Bertz CT molecular complexity index is 436. The number of ether oxygens (including phenoxy) is 2. The molecule has 1 aliphatic rings. The molecule has 116 valence electrons. The highest BCUT2D eigenvalue weighted by molar-refractivity contribution is 5.13. The van der Waals surface area contributed by atoms with Gasteiger partial charge in [0.2, 0.25) is 0 Å². The summed E-state index contributed by atoms with van der Waals surface area (Å²) in [4.78, 5) is 0. The molecule has 1 heterocycles. The molecule has 2 rings (SSSR count). The SMILES string of the molecule is C=CC[C@H]1O[C@H](CO)[C@@H](O)[C@@H](OCc2ccccc2)[C@@H]1O. The first-order chi connectivity index (χ1) is 10.2. The lowest BCUT2D eigenvalue weighted by Crippen LogP contribution is -2.59. The number of benzene rings is 1. The summed E-state index contributed by atoms with van der Waals surface area (Å²) in [5, 5.41) is 29.7. The van der Waals surface area contributed by atoms with Gasteiger partial charge in [0, 0.05) is 0 Å². The first-order valence-electron chi connectivity index (χ1n) is 7.06. The van der Waals surface area contributed by atoms with E-state index in [1.165, 1.54) is 0 Å². The minimum absolute atomic E-state index is 0.276. The molecule has 0 radical (unpaired) electrons. The van der Waals surface area contributed by atoms with Crippen LogP contribution in [0.2, 0.25) is 0 Å². The number of rotatable bonds is 6. The number of aliphatic hydroxyl groups excluding tert-OH is 3. The molecule has 5 heteroatoms. The van der Waals surface area contributed by atoms with Crippen molar-refractivity contribution in [2.24, 2.45) is 0 Å². The Hall–Kier alpha value is -1.24. The summed E-state index contributed by atoms with van der Waals surface area (Å²) in [5.41, 5.74) is 0.948. The van der Waals surface area contributed by atoms with Crippen molar-refractivity contribution in [3.05, 3.63) is 48.6 Å². The van der Waals surface area contributed by atoms with Crippen LogP contribution in [0.5, 0.6) is 0 Å². The molecule has 1 fully saturated rings. The fourth-order valence-electron chi connectivity index (χ4n) is 2.48. The van der Waals surface area contributed by atoms with E-state index in [-0.39, 0.29) is 13.2 Å². The molecule has 5 nitrogen and oxygen atoms in total. The zero-order chi connectivity index (χ0) is 15.2. The standard InChI is InChI=1S/C16H22O5/c1-2-6-12-14(18)16(15(19)13(9-17)21-12)20-10-11-7-4-3-5-8-11/h2-5,7-8,12-19H,1,6,9-10H2/t12-,13-,14-,15-,16+/m1/s1. The monoisotopic (exact) mass is 294 g/mol. The van der Waals surface area contributed by atoms with Crippen molar-refractivity contribution in [3.63, 3.8) is 0 Å². The van der Waals surface area contributed by atoms with Gasteiger partial charge in [-0.1, -0.05) is 36.4 Å². The van der Waals surface area contributed by atoms with Crippen molar-refractivity contribution in [1.82, 2.24) is 0 Å². The van der Waals surface area contributed by atoms with Gasteiger partial charge in [0.1, 0.15) is 24.4 Å². The quantitative estimate of drug-likeness (QED) is 0.671. The lowest BCUT2D eigenvalue weighted by Gasteiger charge is -2.42. The van der Waals surface area contributed by atoms with Gasteiger partial charge in [-0.05, 0) is 12.0 Å². The van der Waals surface area contributed by atoms with Crippen molar-refractivity contribution in [2.45, 2.75) is 43.5 Å². The fraction of sp³-hybridized carbons (Fsp3) is 0.500. The number of hydrogen-bond donors (Lipinski definition) is 3. The van der Waals surface area contributed by atoms with Crippen LogP contribution in [0.3, 0.4) is 0 Å². The van der Waals surface area contributed by atoms with E-state index in [4.69, 9.17) is 9.47 Å². The molecule has 0 amide bonds. The Morgan fingerprint density at radius 2 is 1.81 bits per heavy atom. The van der Waals surface area contributed by atoms with E-state index in [1.54, 1.807) is 6.08 Å². The smallest absolute Gasteiger partial charge is 0.115 e. The van der Waals surface area contributed by atoms with Crippen LogP contribution in [0.15, 0.2) is 43.0 Å². The van der Waals surface area contributed by atoms with Gasteiger partial charge in [0.25, 0.3) is 0 Å². The van der Waals surface area contributed by atoms with Crippen LogP contribution in [0.25, 0.3) is 0 Å². The number of hydrogen-bond acceptors (Lipinski definition) is 5. The predicted octanol–water partition coefficient (Wildman–Crippen LogP) is 0.629. The molecule has 0 saturated carbocycles. The van der Waals surface area contributed by atoms with Gasteiger partial charge in [-0.3, -0.25) is 0 Å². The van der Waals surface area contributed by atoms with Crippen LogP contribution in [0, 0.1) is 0 Å². The molecule has 0 unspecified atom stereocenters. The Balaban J connectivity index is 2.04. The molecular weight excluding hydrogens is 272 g/mol. The van der Waals surface area contributed by atoms with Crippen LogP contribution in [-0.2, 0) is 16.1 Å². The Labute approximate surface area is 124 Å². The molecule has 21 heavy (non-hydrogen) atoms. The third kappa shape index (κ3) is 3.90. The molecule has 0 aromatic heterocycles. The summed E-state index contributed by atoms with van der Waals surface area (Å²) in [6.07, 6.45) is -2.09. The minimum atomic E-state index is -1.07. The highest BCUT2D eigenvalue weighted by Gasteiger charge is 2.44. The second-order valence-corrected chi connectivity index (χ2v) is 5.16. The molecule has 1 saturated heterocycles. The molecule has 0 spiro atoms. The van der Waals surface area contributed by atoms with Gasteiger partial charge >= 0.3 is 0 Å². The van der Waals surface area contributed by atoms with E-state index < -0.39 is 30.5 Å². The molecule has 1 aliphatic heterocycles. The summed E-state index contributed by atoms with van der Waals surface area (Å²) < 4.78 is 11.2. The third-order valence-electron chi connectivity index (χ3n) is 3.65. The van der Waals surface area contributed by atoms with E-state index in [1.807, 2.05) is 30.3 Å². The summed E-state index contributed by atoms with van der Waals surface area (Å²) >= 11 is 0. The topological polar surface area (TPSA) is 79.2 Å². The predicted molar refractivity (Wildman–Crippen MR) is 77.6 cm³/mol. The Morgan fingerprint density at radius 3 is 2.43 bits per heavy atom. The zero-order valence-electron chi connectivity index (χ0n) is 11.8. The Morgan fingerprint density at radius 1 is 1.14 bits per heavy atom. The molecular formula is C16H22O5. The van der Waals surface area contributed by atoms with Crippen molar-refractivity contribution < 1.29 is 24.8 Å². The highest BCUT2D eigenvalue weighted by atomic mass is 16.6. The van der Waals surface area contributed by atoms with Crippen molar-refractivity contribution in [3.8, 4) is 0 Å². The molecule has 0 bridgehead atoms. The lowest BCUT2D eigenvalue weighted by atomic mass is 9.93. The van der Waals surface area contributed by atoms with Gasteiger partial charge in [0.15, 0.2) is 0 Å². The van der Waals surface area contributed by atoms with Gasteiger partial charge in [-0.25, -0.2) is 0 Å². The van der Waals surface area contributed by atoms with E-state index >= 15 is 0 Å². The average Bonchev–Trinajstić information content (AvgIpc) is 2.51. The van der Waals surface area contributed by atoms with Crippen molar-refractivity contribution in [2.75, 3.05) is 6.61 Å². The van der Waals surface area contributed by atoms with Gasteiger partial charge < -0.3 is 24.8 Å². The van der Waals surface area contributed by atoms with E-state index in [0.717, 1.165) is 5.56 Å². The summed E-state index contributed by atoms with van der Waals surface area (Å²) in [6, 6.07) is 9.51. The molecule has 3 N–H and O–H groups in total. The largest absolute Gasteiger partial charge is 0.394 e. The molecule has 0 aliphatic carbocycles. The fourth-order valence-corrected chi connectivity index (χ4v) is 2.48. The maximum atomic E-state index is 10.3. The first kappa shape index (κ1) is 16.1. The molecule has 5 atom stereocenters. The van der Waals surface area contributed by atoms with Crippen LogP contribution in [-0.4, -0.2) is 52.4 Å². The van der Waals surface area contributed by atoms with Crippen LogP contribution in [0.1, 0.15) is 12.0 Å². The summed E-state index contributed by atoms with van der Waals surface area (Å²) in [5.74, 6) is 0. The first-order valence-corrected chi connectivity index (χ1v) is 7.06. The minimum Gasteiger partial charge on any atom is -0.394 e. The van der Waals surface area contributed by atoms with E-state index in [9.17, 15) is 15.3 Å². The summed E-state index contributed by atoms with van der Waals surface area (Å²) in [6.45, 7) is 3.57. The molecule has 1 aromatic carbocycles. The second-order valence-electron chi connectivity index (χ2n) is 5.16. The van der Waals surface area contributed by atoms with Crippen LogP contribution in [0.4, 0.5) is 0 Å². The normalized spacial score (nSPS) is 32.8. The van der Waals surface area contributed by atoms with E-state index in [0.29, 0.717) is 6.42 Å². The van der Waals surface area contributed by atoms with E-state index in [2.05, 4.69) is 6.58 Å². The average molecular weight is 294 g/mol.